The van der Waals surface area contributed by atoms with Crippen molar-refractivity contribution in [2.75, 3.05) is 10.6 Å². The highest BCUT2D eigenvalue weighted by molar-refractivity contribution is 5.71. The van der Waals surface area contributed by atoms with Crippen LogP contribution in [0.25, 0.3) is 0 Å². The maximum absolute atomic E-state index is 11.0. The van der Waals surface area contributed by atoms with Gasteiger partial charge in [-0.15, -0.1) is 0 Å². The highest BCUT2D eigenvalue weighted by Gasteiger charge is 2.27. The number of anilines is 2. The van der Waals surface area contributed by atoms with Crippen molar-refractivity contribution < 1.29 is 4.92 Å². The fourth-order valence-electron chi connectivity index (χ4n) is 2.02. The average Bonchev–Trinajstić information content (AvgIpc) is 2.82. The van der Waals surface area contributed by atoms with Gasteiger partial charge in [0.25, 0.3) is 5.69 Å². The van der Waals surface area contributed by atoms with Gasteiger partial charge in [0.1, 0.15) is 6.17 Å². The Bertz CT molecular complexity index is 590. The quantitative estimate of drug-likeness (QED) is 0.624. The van der Waals surface area contributed by atoms with Gasteiger partial charge in [0.15, 0.2) is 5.82 Å². The zero-order valence-electron chi connectivity index (χ0n) is 9.33. The Labute approximate surface area is 103 Å². The standard InChI is InChI=1S/C12H10N4O2/c17-16(18)10-6-2-1-4-8(10)11-14-9-5-3-7-13-12(9)15-11/h1-7,11,14H,(H,13,15). The molecule has 0 spiro atoms. The summed E-state index contributed by atoms with van der Waals surface area (Å²) < 4.78 is 0. The van der Waals surface area contributed by atoms with Crippen molar-refractivity contribution in [1.82, 2.24) is 4.98 Å². The minimum atomic E-state index is -0.380. The molecule has 0 radical (unpaired) electrons. The van der Waals surface area contributed by atoms with E-state index in [1.165, 1.54) is 6.07 Å². The number of nitrogens with zero attached hydrogens (tertiary/aromatic N) is 2. The molecule has 0 saturated heterocycles. The first-order chi connectivity index (χ1) is 8.75. The number of hydrogen-bond donors (Lipinski definition) is 2. The summed E-state index contributed by atoms with van der Waals surface area (Å²) in [7, 11) is 0. The fourth-order valence-corrected chi connectivity index (χ4v) is 2.02. The number of pyridine rings is 1. The van der Waals surface area contributed by atoms with Crippen molar-refractivity contribution in [3.63, 3.8) is 0 Å². The SMILES string of the molecule is O=[N+]([O-])c1ccccc1C1Nc2cccnc2N1. The Morgan fingerprint density at radius 1 is 1.17 bits per heavy atom. The molecule has 2 aromatic rings. The van der Waals surface area contributed by atoms with Gasteiger partial charge in [-0.05, 0) is 18.2 Å². The summed E-state index contributed by atoms with van der Waals surface area (Å²) in [4.78, 5) is 14.8. The Balaban J connectivity index is 1.98. The molecule has 2 N–H and O–H groups in total. The lowest BCUT2D eigenvalue weighted by Gasteiger charge is -2.12. The molecule has 0 fully saturated rings. The van der Waals surface area contributed by atoms with E-state index >= 15 is 0 Å². The maximum Gasteiger partial charge on any atom is 0.276 e. The molecule has 1 aromatic carbocycles. The van der Waals surface area contributed by atoms with Gasteiger partial charge in [-0.25, -0.2) is 4.98 Å². The summed E-state index contributed by atoms with van der Waals surface area (Å²) in [5.74, 6) is 0.709. The Morgan fingerprint density at radius 2 is 2.00 bits per heavy atom. The highest BCUT2D eigenvalue weighted by Crippen LogP contribution is 2.36. The maximum atomic E-state index is 11.0. The van der Waals surface area contributed by atoms with E-state index in [9.17, 15) is 10.1 Å². The molecular formula is C12H10N4O2. The van der Waals surface area contributed by atoms with Crippen LogP contribution >= 0.6 is 0 Å². The zero-order valence-corrected chi connectivity index (χ0v) is 9.33. The third-order valence-corrected chi connectivity index (χ3v) is 2.83. The molecule has 90 valence electrons. The first-order valence-corrected chi connectivity index (χ1v) is 5.47. The molecule has 1 aromatic heterocycles. The number of aromatic nitrogens is 1. The van der Waals surface area contributed by atoms with E-state index in [0.717, 1.165) is 5.69 Å². The monoisotopic (exact) mass is 242 g/mol. The summed E-state index contributed by atoms with van der Waals surface area (Å²) in [5, 5.41) is 17.3. The van der Waals surface area contributed by atoms with Crippen LogP contribution in [0.15, 0.2) is 42.6 Å². The highest BCUT2D eigenvalue weighted by atomic mass is 16.6. The Morgan fingerprint density at radius 3 is 2.78 bits per heavy atom. The van der Waals surface area contributed by atoms with Crippen LogP contribution < -0.4 is 10.6 Å². The number of nitro benzene ring substituents is 1. The van der Waals surface area contributed by atoms with Gasteiger partial charge in [-0.2, -0.15) is 0 Å². The number of para-hydroxylation sites is 1. The molecule has 6 heteroatoms. The molecule has 18 heavy (non-hydrogen) atoms. The number of fused-ring (bicyclic) bond motifs is 1. The van der Waals surface area contributed by atoms with Crippen LogP contribution in [0.3, 0.4) is 0 Å². The third kappa shape index (κ3) is 1.64. The van der Waals surface area contributed by atoms with Crippen molar-refractivity contribution in [1.29, 1.82) is 0 Å². The predicted octanol–water partition coefficient (Wildman–Crippen LogP) is 2.53. The lowest BCUT2D eigenvalue weighted by molar-refractivity contribution is -0.385. The number of hydrogen-bond acceptors (Lipinski definition) is 5. The fraction of sp³-hybridized carbons (Fsp3) is 0.0833. The van der Waals surface area contributed by atoms with Crippen LogP contribution in [-0.4, -0.2) is 9.91 Å². The normalized spacial score (nSPS) is 16.6. The summed E-state index contributed by atoms with van der Waals surface area (Å²) in [6, 6.07) is 10.4. The molecule has 1 aliphatic rings. The van der Waals surface area contributed by atoms with Crippen LogP contribution in [0.5, 0.6) is 0 Å². The Kier molecular flexibility index (Phi) is 2.33. The second-order valence-electron chi connectivity index (χ2n) is 3.94. The predicted molar refractivity (Wildman–Crippen MR) is 67.3 cm³/mol. The van der Waals surface area contributed by atoms with Gasteiger partial charge < -0.3 is 10.6 Å². The lowest BCUT2D eigenvalue weighted by Crippen LogP contribution is -2.14. The largest absolute Gasteiger partial charge is 0.358 e. The molecule has 0 aliphatic carbocycles. The second-order valence-corrected chi connectivity index (χ2v) is 3.94. The molecule has 1 unspecified atom stereocenters. The summed E-state index contributed by atoms with van der Waals surface area (Å²) in [6.45, 7) is 0. The molecule has 0 amide bonds. The molecule has 2 heterocycles. The van der Waals surface area contributed by atoms with Crippen molar-refractivity contribution >= 4 is 17.2 Å². The van der Waals surface area contributed by atoms with E-state index in [1.54, 1.807) is 24.4 Å². The van der Waals surface area contributed by atoms with Gasteiger partial charge in [0, 0.05) is 12.3 Å². The molecule has 1 aliphatic heterocycles. The molecule has 1 atom stereocenters. The van der Waals surface area contributed by atoms with E-state index in [-0.39, 0.29) is 16.8 Å². The van der Waals surface area contributed by atoms with Gasteiger partial charge in [-0.3, -0.25) is 10.1 Å². The van der Waals surface area contributed by atoms with Gasteiger partial charge in [-0.1, -0.05) is 12.1 Å². The number of nitro groups is 1. The molecule has 0 saturated carbocycles. The van der Waals surface area contributed by atoms with Crippen molar-refractivity contribution in [2.24, 2.45) is 0 Å². The van der Waals surface area contributed by atoms with E-state index < -0.39 is 0 Å². The average molecular weight is 242 g/mol. The number of nitrogens with one attached hydrogen (secondary N) is 2. The van der Waals surface area contributed by atoms with Gasteiger partial charge in [0.2, 0.25) is 0 Å². The van der Waals surface area contributed by atoms with Crippen LogP contribution in [-0.2, 0) is 0 Å². The van der Waals surface area contributed by atoms with Crippen LogP contribution in [0.1, 0.15) is 11.7 Å². The van der Waals surface area contributed by atoms with E-state index in [0.29, 0.717) is 11.4 Å². The Hall–Kier alpha value is -2.63. The number of benzene rings is 1. The van der Waals surface area contributed by atoms with Gasteiger partial charge in [0.05, 0.1) is 16.2 Å². The van der Waals surface area contributed by atoms with E-state index in [2.05, 4.69) is 15.6 Å². The van der Waals surface area contributed by atoms with Crippen LogP contribution in [0.2, 0.25) is 0 Å². The summed E-state index contributed by atoms with van der Waals surface area (Å²) in [5.41, 5.74) is 1.54. The number of rotatable bonds is 2. The van der Waals surface area contributed by atoms with E-state index in [1.807, 2.05) is 12.1 Å². The van der Waals surface area contributed by atoms with Crippen molar-refractivity contribution in [2.45, 2.75) is 6.17 Å². The summed E-state index contributed by atoms with van der Waals surface area (Å²) >= 11 is 0. The smallest absolute Gasteiger partial charge is 0.276 e. The van der Waals surface area contributed by atoms with Gasteiger partial charge >= 0.3 is 0 Å². The van der Waals surface area contributed by atoms with Crippen molar-refractivity contribution in [3.8, 4) is 0 Å². The van der Waals surface area contributed by atoms with Crippen LogP contribution in [0, 0.1) is 10.1 Å². The molecule has 6 nitrogen and oxygen atoms in total. The molecule has 0 bridgehead atoms. The minimum Gasteiger partial charge on any atom is -0.358 e. The second kappa shape index (κ2) is 3.99. The molecule has 3 rings (SSSR count). The van der Waals surface area contributed by atoms with Crippen molar-refractivity contribution in [3.05, 3.63) is 58.3 Å². The van der Waals surface area contributed by atoms with E-state index in [4.69, 9.17) is 0 Å². The third-order valence-electron chi connectivity index (χ3n) is 2.83. The lowest BCUT2D eigenvalue weighted by atomic mass is 10.1. The zero-order chi connectivity index (χ0) is 12.5. The minimum absolute atomic E-state index is 0.0929. The van der Waals surface area contributed by atoms with Crippen LogP contribution in [0.4, 0.5) is 17.2 Å². The first kappa shape index (κ1) is 10.5. The molecular weight excluding hydrogens is 232 g/mol. The first-order valence-electron chi connectivity index (χ1n) is 5.47. The topological polar surface area (TPSA) is 80.1 Å². The summed E-state index contributed by atoms with van der Waals surface area (Å²) in [6.07, 6.45) is 1.35.